The highest BCUT2D eigenvalue weighted by molar-refractivity contribution is 5.66. The zero-order chi connectivity index (χ0) is 20.4. The number of hydrogen-bond donors (Lipinski definition) is 2. The second-order valence-corrected chi connectivity index (χ2v) is 9.02. The van der Waals surface area contributed by atoms with Gasteiger partial charge in [0.15, 0.2) is 5.79 Å². The van der Waals surface area contributed by atoms with Crippen molar-refractivity contribution in [1.29, 1.82) is 0 Å². The van der Waals surface area contributed by atoms with E-state index in [4.69, 9.17) is 14.6 Å². The highest BCUT2D eigenvalue weighted by atomic mass is 16.7. The fraction of sp³-hybridized carbons (Fsp3) is 0.957. The summed E-state index contributed by atoms with van der Waals surface area (Å²) in [5.74, 6) is 0.263. The predicted molar refractivity (Wildman–Crippen MR) is 110 cm³/mol. The Morgan fingerprint density at radius 3 is 2.46 bits per heavy atom. The van der Waals surface area contributed by atoms with Gasteiger partial charge in [0, 0.05) is 18.8 Å². The molecule has 2 fully saturated rings. The normalized spacial score (nSPS) is 26.0. The largest absolute Gasteiger partial charge is 0.481 e. The molecular formula is C23H42O5. The molecule has 0 amide bonds. The van der Waals surface area contributed by atoms with E-state index >= 15 is 0 Å². The van der Waals surface area contributed by atoms with Crippen molar-refractivity contribution in [2.75, 3.05) is 13.2 Å². The van der Waals surface area contributed by atoms with Crippen molar-refractivity contribution >= 4 is 5.97 Å². The molecule has 1 aliphatic heterocycles. The Morgan fingerprint density at radius 1 is 1.07 bits per heavy atom. The molecule has 0 unspecified atom stereocenters. The first-order valence-corrected chi connectivity index (χ1v) is 11.7. The predicted octanol–water partition coefficient (Wildman–Crippen LogP) is 5.15. The summed E-state index contributed by atoms with van der Waals surface area (Å²) in [6, 6.07) is 0. The van der Waals surface area contributed by atoms with Gasteiger partial charge in [0.2, 0.25) is 0 Å². The number of ether oxygens (including phenoxy) is 2. The standard InChI is InChI=1S/C23H42O5/c1-3-4-9-18(2)21(24)13-12-19-14-15-23(27-16-17-28-23)20(19)10-7-5-6-8-11-22(25)26/h18-21,24H,3-17H2,1-2H3,(H,25,26)/t18-,19+,20-,21-/m1/s1. The molecule has 0 aromatic carbocycles. The summed E-state index contributed by atoms with van der Waals surface area (Å²) in [6.45, 7) is 5.76. The highest BCUT2D eigenvalue weighted by Gasteiger charge is 2.51. The Hall–Kier alpha value is -0.650. The van der Waals surface area contributed by atoms with E-state index in [1.54, 1.807) is 0 Å². The minimum absolute atomic E-state index is 0.204. The molecule has 5 nitrogen and oxygen atoms in total. The lowest BCUT2D eigenvalue weighted by Crippen LogP contribution is -2.37. The van der Waals surface area contributed by atoms with Gasteiger partial charge in [-0.25, -0.2) is 0 Å². The molecule has 0 bridgehead atoms. The summed E-state index contributed by atoms with van der Waals surface area (Å²) in [4.78, 5) is 10.6. The van der Waals surface area contributed by atoms with Gasteiger partial charge in [-0.1, -0.05) is 46.0 Å². The third kappa shape index (κ3) is 7.00. The molecule has 2 rings (SSSR count). The quantitative estimate of drug-likeness (QED) is 0.396. The van der Waals surface area contributed by atoms with Crippen LogP contribution in [0.1, 0.15) is 97.3 Å². The summed E-state index contributed by atoms with van der Waals surface area (Å²) in [6.07, 6.45) is 12.6. The van der Waals surface area contributed by atoms with Crippen molar-refractivity contribution < 1.29 is 24.5 Å². The summed E-state index contributed by atoms with van der Waals surface area (Å²) in [7, 11) is 0. The van der Waals surface area contributed by atoms with Crippen LogP contribution in [0.3, 0.4) is 0 Å². The molecule has 1 heterocycles. The highest BCUT2D eigenvalue weighted by Crippen LogP contribution is 2.50. The topological polar surface area (TPSA) is 76.0 Å². The number of carboxylic acids is 1. The van der Waals surface area contributed by atoms with Gasteiger partial charge in [-0.2, -0.15) is 0 Å². The average molecular weight is 399 g/mol. The maximum absolute atomic E-state index is 10.6. The molecule has 2 aliphatic rings. The van der Waals surface area contributed by atoms with Gasteiger partial charge in [0.05, 0.1) is 19.3 Å². The van der Waals surface area contributed by atoms with Gasteiger partial charge in [-0.3, -0.25) is 4.79 Å². The number of carboxylic acid groups (broad SMARTS) is 1. The maximum atomic E-state index is 10.6. The Bertz CT molecular complexity index is 446. The van der Waals surface area contributed by atoms with E-state index in [0.29, 0.717) is 31.0 Å². The van der Waals surface area contributed by atoms with Gasteiger partial charge in [0.1, 0.15) is 0 Å². The molecule has 1 aliphatic carbocycles. The van der Waals surface area contributed by atoms with Crippen molar-refractivity contribution in [3.63, 3.8) is 0 Å². The van der Waals surface area contributed by atoms with Gasteiger partial charge >= 0.3 is 5.97 Å². The van der Waals surface area contributed by atoms with E-state index in [-0.39, 0.29) is 18.3 Å². The van der Waals surface area contributed by atoms with Gasteiger partial charge in [-0.15, -0.1) is 0 Å². The fourth-order valence-corrected chi connectivity index (χ4v) is 5.14. The maximum Gasteiger partial charge on any atom is 0.303 e. The molecule has 1 spiro atoms. The summed E-state index contributed by atoms with van der Waals surface area (Å²) >= 11 is 0. The molecule has 0 aromatic heterocycles. The molecule has 0 aromatic rings. The summed E-state index contributed by atoms with van der Waals surface area (Å²) < 4.78 is 12.2. The Kier molecular flexibility index (Phi) is 10.2. The lowest BCUT2D eigenvalue weighted by atomic mass is 9.83. The number of rotatable bonds is 14. The van der Waals surface area contributed by atoms with E-state index < -0.39 is 5.97 Å². The molecule has 5 heteroatoms. The van der Waals surface area contributed by atoms with E-state index in [1.807, 2.05) is 0 Å². The average Bonchev–Trinajstić information content (AvgIpc) is 3.28. The first-order valence-electron chi connectivity index (χ1n) is 11.7. The van der Waals surface area contributed by atoms with E-state index in [0.717, 1.165) is 64.2 Å². The molecule has 164 valence electrons. The van der Waals surface area contributed by atoms with Crippen molar-refractivity contribution in [3.8, 4) is 0 Å². The van der Waals surface area contributed by atoms with Crippen LogP contribution in [-0.2, 0) is 14.3 Å². The molecule has 28 heavy (non-hydrogen) atoms. The third-order valence-electron chi connectivity index (χ3n) is 6.93. The van der Waals surface area contributed by atoms with Crippen molar-refractivity contribution in [1.82, 2.24) is 0 Å². The van der Waals surface area contributed by atoms with Crippen LogP contribution in [0.25, 0.3) is 0 Å². The van der Waals surface area contributed by atoms with Crippen LogP contribution >= 0.6 is 0 Å². The number of carbonyl (C=O) groups is 1. The van der Waals surface area contributed by atoms with Gasteiger partial charge in [-0.05, 0) is 50.4 Å². The monoisotopic (exact) mass is 398 g/mol. The fourth-order valence-electron chi connectivity index (χ4n) is 5.14. The van der Waals surface area contributed by atoms with Crippen LogP contribution < -0.4 is 0 Å². The molecule has 2 N–H and O–H groups in total. The van der Waals surface area contributed by atoms with Gasteiger partial charge < -0.3 is 19.7 Å². The minimum atomic E-state index is -0.700. The second kappa shape index (κ2) is 12.1. The molecule has 1 saturated carbocycles. The van der Waals surface area contributed by atoms with Gasteiger partial charge in [0.25, 0.3) is 0 Å². The molecule has 1 saturated heterocycles. The van der Waals surface area contributed by atoms with Crippen molar-refractivity contribution in [2.45, 2.75) is 109 Å². The minimum Gasteiger partial charge on any atom is -0.481 e. The van der Waals surface area contributed by atoms with E-state index in [2.05, 4.69) is 13.8 Å². The zero-order valence-electron chi connectivity index (χ0n) is 18.0. The lowest BCUT2D eigenvalue weighted by molar-refractivity contribution is -0.188. The first kappa shape index (κ1) is 23.6. The van der Waals surface area contributed by atoms with Crippen LogP contribution in [0.15, 0.2) is 0 Å². The summed E-state index contributed by atoms with van der Waals surface area (Å²) in [5.41, 5.74) is 0. The smallest absolute Gasteiger partial charge is 0.303 e. The summed E-state index contributed by atoms with van der Waals surface area (Å²) in [5, 5.41) is 19.3. The SMILES string of the molecule is CCCC[C@@H](C)[C@H](O)CC[C@H]1CCC2(OCCO2)[C@@H]1CCCCCCC(=O)O. The Morgan fingerprint density at radius 2 is 1.79 bits per heavy atom. The van der Waals surface area contributed by atoms with Crippen LogP contribution in [-0.4, -0.2) is 41.3 Å². The lowest BCUT2D eigenvalue weighted by Gasteiger charge is -2.33. The number of hydrogen-bond acceptors (Lipinski definition) is 4. The Balaban J connectivity index is 1.80. The van der Waals surface area contributed by atoms with E-state index in [1.165, 1.54) is 12.8 Å². The third-order valence-corrected chi connectivity index (χ3v) is 6.93. The number of aliphatic hydroxyl groups is 1. The van der Waals surface area contributed by atoms with Crippen molar-refractivity contribution in [3.05, 3.63) is 0 Å². The van der Waals surface area contributed by atoms with Crippen LogP contribution in [0.2, 0.25) is 0 Å². The number of aliphatic hydroxyl groups excluding tert-OH is 1. The molecular weight excluding hydrogens is 356 g/mol. The number of unbranched alkanes of at least 4 members (excludes halogenated alkanes) is 4. The van der Waals surface area contributed by atoms with E-state index in [9.17, 15) is 9.90 Å². The zero-order valence-corrected chi connectivity index (χ0v) is 18.0. The molecule has 0 radical (unpaired) electrons. The van der Waals surface area contributed by atoms with Crippen molar-refractivity contribution in [2.24, 2.45) is 17.8 Å². The van der Waals surface area contributed by atoms with Crippen LogP contribution in [0.4, 0.5) is 0 Å². The van der Waals surface area contributed by atoms with Crippen LogP contribution in [0, 0.1) is 17.8 Å². The Labute approximate surface area is 171 Å². The molecule has 4 atom stereocenters. The number of aliphatic carboxylic acids is 1. The first-order chi connectivity index (χ1) is 13.5. The van der Waals surface area contributed by atoms with Crippen LogP contribution in [0.5, 0.6) is 0 Å². The second-order valence-electron chi connectivity index (χ2n) is 9.02.